The number of rotatable bonds is 2. The van der Waals surface area contributed by atoms with Crippen molar-refractivity contribution in [3.63, 3.8) is 0 Å². The number of aliphatic carboxylic acids is 1. The average molecular weight is 234 g/mol. The van der Waals surface area contributed by atoms with Crippen molar-refractivity contribution in [2.75, 3.05) is 0 Å². The lowest BCUT2D eigenvalue weighted by Gasteiger charge is -2.11. The molecule has 1 N–H and O–H groups in total. The lowest BCUT2D eigenvalue weighted by atomic mass is 9.97. The molecule has 2 aromatic heterocycles. The summed E-state index contributed by atoms with van der Waals surface area (Å²) in [5, 5.41) is 8.70. The predicted octanol–water partition coefficient (Wildman–Crippen LogP) is 2.15. The number of aromatic nitrogens is 2. The molecule has 0 fully saturated rings. The van der Waals surface area contributed by atoms with Crippen molar-refractivity contribution in [1.82, 2.24) is 9.97 Å². The van der Waals surface area contributed by atoms with Gasteiger partial charge in [0, 0.05) is 11.6 Å². The number of fused-ring (bicyclic) bond motifs is 1. The Kier molecular flexibility index (Phi) is 2.61. The van der Waals surface area contributed by atoms with Crippen LogP contribution in [-0.2, 0) is 16.6 Å². The number of hydrogen-bond donors (Lipinski definition) is 1. The minimum atomic E-state index is -0.884. The van der Waals surface area contributed by atoms with E-state index in [0.29, 0.717) is 22.7 Å². The molecule has 90 valence electrons. The van der Waals surface area contributed by atoms with Gasteiger partial charge in [-0.2, -0.15) is 0 Å². The number of oxazole rings is 1. The molecule has 0 saturated carbocycles. The Bertz CT molecular complexity index is 567. The highest BCUT2D eigenvalue weighted by atomic mass is 16.4. The van der Waals surface area contributed by atoms with Crippen LogP contribution in [0.1, 0.15) is 32.2 Å². The summed E-state index contributed by atoms with van der Waals surface area (Å²) in [7, 11) is 0. The lowest BCUT2D eigenvalue weighted by molar-refractivity contribution is -0.136. The van der Waals surface area contributed by atoms with E-state index in [4.69, 9.17) is 9.52 Å². The second kappa shape index (κ2) is 3.84. The fraction of sp³-hybridized carbons (Fsp3) is 0.417. The molecule has 5 heteroatoms. The first-order valence-corrected chi connectivity index (χ1v) is 5.34. The van der Waals surface area contributed by atoms with Crippen molar-refractivity contribution in [3.8, 4) is 0 Å². The molecular weight excluding hydrogens is 220 g/mol. The Morgan fingerprint density at radius 3 is 2.76 bits per heavy atom. The molecule has 0 saturated heterocycles. The van der Waals surface area contributed by atoms with Gasteiger partial charge >= 0.3 is 5.97 Å². The zero-order valence-electron chi connectivity index (χ0n) is 10.0. The second-order valence-electron chi connectivity index (χ2n) is 5.01. The lowest BCUT2D eigenvalue weighted by Crippen LogP contribution is -2.10. The van der Waals surface area contributed by atoms with Crippen LogP contribution in [0.4, 0.5) is 0 Å². The van der Waals surface area contributed by atoms with Crippen molar-refractivity contribution < 1.29 is 14.3 Å². The summed E-state index contributed by atoms with van der Waals surface area (Å²) in [4.78, 5) is 19.0. The summed E-state index contributed by atoms with van der Waals surface area (Å²) in [6, 6.07) is 1.70. The monoisotopic (exact) mass is 234 g/mol. The normalized spacial score (nSPS) is 11.9. The molecule has 0 aliphatic carbocycles. The minimum absolute atomic E-state index is 0.0549. The number of pyridine rings is 1. The molecule has 0 aliphatic heterocycles. The number of hydrogen-bond acceptors (Lipinski definition) is 4. The second-order valence-corrected chi connectivity index (χ2v) is 5.01. The molecule has 0 atom stereocenters. The Balaban J connectivity index is 2.44. The van der Waals surface area contributed by atoms with Crippen LogP contribution in [0.2, 0.25) is 0 Å². The third-order valence-corrected chi connectivity index (χ3v) is 2.30. The van der Waals surface area contributed by atoms with E-state index in [1.54, 1.807) is 6.07 Å². The highest BCUT2D eigenvalue weighted by Crippen LogP contribution is 2.25. The maximum absolute atomic E-state index is 10.6. The summed E-state index contributed by atoms with van der Waals surface area (Å²) in [5.41, 5.74) is 1.49. The van der Waals surface area contributed by atoms with Gasteiger partial charge in [0.1, 0.15) is 5.52 Å². The van der Waals surface area contributed by atoms with E-state index in [2.05, 4.69) is 9.97 Å². The number of carboxylic acid groups (broad SMARTS) is 1. The minimum Gasteiger partial charge on any atom is -0.481 e. The summed E-state index contributed by atoms with van der Waals surface area (Å²) in [6.45, 7) is 5.99. The maximum atomic E-state index is 10.6. The van der Waals surface area contributed by atoms with Gasteiger partial charge in [-0.1, -0.05) is 20.8 Å². The fourth-order valence-corrected chi connectivity index (χ4v) is 1.46. The SMILES string of the molecule is CC(C)(C)c1nc2cc(CC(=O)O)cnc2o1. The third-order valence-electron chi connectivity index (χ3n) is 2.30. The first-order chi connectivity index (χ1) is 7.86. The van der Waals surface area contributed by atoms with Gasteiger partial charge in [0.25, 0.3) is 0 Å². The van der Waals surface area contributed by atoms with Gasteiger partial charge in [0.2, 0.25) is 11.6 Å². The molecule has 2 aromatic rings. The van der Waals surface area contributed by atoms with E-state index in [-0.39, 0.29) is 11.8 Å². The Labute approximate surface area is 98.5 Å². The Morgan fingerprint density at radius 2 is 2.18 bits per heavy atom. The van der Waals surface area contributed by atoms with Crippen molar-refractivity contribution in [2.45, 2.75) is 32.6 Å². The predicted molar refractivity (Wildman–Crippen MR) is 61.8 cm³/mol. The summed E-state index contributed by atoms with van der Waals surface area (Å²) < 4.78 is 5.52. The molecule has 5 nitrogen and oxygen atoms in total. The standard InChI is InChI=1S/C12H14N2O3/c1-12(2,3)11-14-8-4-7(5-9(15)16)6-13-10(8)17-11/h4,6H,5H2,1-3H3,(H,15,16). The first kappa shape index (κ1) is 11.6. The summed E-state index contributed by atoms with van der Waals surface area (Å²) in [5.74, 6) is -0.279. The third kappa shape index (κ3) is 2.43. The molecule has 0 unspecified atom stereocenters. The maximum Gasteiger partial charge on any atom is 0.307 e. The van der Waals surface area contributed by atoms with Crippen molar-refractivity contribution in [2.24, 2.45) is 0 Å². The molecule has 0 bridgehead atoms. The van der Waals surface area contributed by atoms with Gasteiger partial charge in [-0.15, -0.1) is 0 Å². The average Bonchev–Trinajstić information content (AvgIpc) is 2.58. The summed E-state index contributed by atoms with van der Waals surface area (Å²) in [6.07, 6.45) is 1.45. The van der Waals surface area contributed by atoms with Crippen LogP contribution in [0.5, 0.6) is 0 Å². The summed E-state index contributed by atoms with van der Waals surface area (Å²) >= 11 is 0. The van der Waals surface area contributed by atoms with Crippen LogP contribution >= 0.6 is 0 Å². The largest absolute Gasteiger partial charge is 0.481 e. The highest BCUT2D eigenvalue weighted by molar-refractivity contribution is 5.74. The van der Waals surface area contributed by atoms with Crippen LogP contribution < -0.4 is 0 Å². The number of carboxylic acids is 1. The van der Waals surface area contributed by atoms with Crippen LogP contribution in [0, 0.1) is 0 Å². The van der Waals surface area contributed by atoms with E-state index < -0.39 is 5.97 Å². The Hall–Kier alpha value is -1.91. The zero-order valence-corrected chi connectivity index (χ0v) is 10.0. The molecule has 2 heterocycles. The van der Waals surface area contributed by atoms with Gasteiger partial charge < -0.3 is 9.52 Å². The van der Waals surface area contributed by atoms with Crippen LogP contribution in [0.3, 0.4) is 0 Å². The highest BCUT2D eigenvalue weighted by Gasteiger charge is 2.21. The van der Waals surface area contributed by atoms with Crippen molar-refractivity contribution in [1.29, 1.82) is 0 Å². The van der Waals surface area contributed by atoms with E-state index in [1.807, 2.05) is 20.8 Å². The van der Waals surface area contributed by atoms with Gasteiger partial charge in [0.15, 0.2) is 0 Å². The molecule has 2 rings (SSSR count). The van der Waals surface area contributed by atoms with Crippen LogP contribution in [-0.4, -0.2) is 21.0 Å². The van der Waals surface area contributed by atoms with Crippen LogP contribution in [0.15, 0.2) is 16.7 Å². The first-order valence-electron chi connectivity index (χ1n) is 5.34. The van der Waals surface area contributed by atoms with Crippen molar-refractivity contribution >= 4 is 17.2 Å². The molecule has 0 aromatic carbocycles. The molecule has 0 radical (unpaired) electrons. The van der Waals surface area contributed by atoms with E-state index in [9.17, 15) is 4.79 Å². The smallest absolute Gasteiger partial charge is 0.307 e. The molecule has 17 heavy (non-hydrogen) atoms. The van der Waals surface area contributed by atoms with Gasteiger partial charge in [-0.25, -0.2) is 9.97 Å². The van der Waals surface area contributed by atoms with E-state index >= 15 is 0 Å². The van der Waals surface area contributed by atoms with Gasteiger partial charge in [0.05, 0.1) is 6.42 Å². The van der Waals surface area contributed by atoms with Gasteiger partial charge in [-0.3, -0.25) is 4.79 Å². The Morgan fingerprint density at radius 1 is 1.47 bits per heavy atom. The molecule has 0 aliphatic rings. The topological polar surface area (TPSA) is 76.2 Å². The molecule has 0 spiro atoms. The molecule has 0 amide bonds. The van der Waals surface area contributed by atoms with Crippen LogP contribution in [0.25, 0.3) is 11.2 Å². The number of nitrogens with zero attached hydrogens (tertiary/aromatic N) is 2. The molecular formula is C12H14N2O3. The van der Waals surface area contributed by atoms with Gasteiger partial charge in [-0.05, 0) is 11.6 Å². The van der Waals surface area contributed by atoms with E-state index in [0.717, 1.165) is 0 Å². The van der Waals surface area contributed by atoms with E-state index in [1.165, 1.54) is 6.20 Å². The zero-order chi connectivity index (χ0) is 12.6. The quantitative estimate of drug-likeness (QED) is 0.861. The van der Waals surface area contributed by atoms with Crippen molar-refractivity contribution in [3.05, 3.63) is 23.7 Å². The fourth-order valence-electron chi connectivity index (χ4n) is 1.46. The number of carbonyl (C=O) groups is 1.